The highest BCUT2D eigenvalue weighted by molar-refractivity contribution is 5.66. The zero-order valence-electron chi connectivity index (χ0n) is 24.2. The molecular formula is C25H55N3O6. The quantitative estimate of drug-likeness (QED) is 0.208. The van der Waals surface area contributed by atoms with Crippen LogP contribution in [0.25, 0.3) is 0 Å². The van der Waals surface area contributed by atoms with Crippen LogP contribution in [-0.4, -0.2) is 43.8 Å². The Bertz CT molecular complexity index is 554. The molecule has 5 N–H and O–H groups in total. The molecule has 0 bridgehead atoms. The van der Waals surface area contributed by atoms with Gasteiger partial charge in [-0.15, -0.1) is 0 Å². The molecule has 0 unspecified atom stereocenters. The smallest absolute Gasteiger partial charge is 0.303 e. The molecule has 0 aromatic heterocycles. The van der Waals surface area contributed by atoms with Crippen molar-refractivity contribution in [2.45, 2.75) is 94.4 Å². The molecule has 34 heavy (non-hydrogen) atoms. The summed E-state index contributed by atoms with van der Waals surface area (Å²) in [6.07, 6.45) is 1.55. The summed E-state index contributed by atoms with van der Waals surface area (Å²) in [6.45, 7) is 20.1. The number of carbonyl (C=O) groups is 1. The van der Waals surface area contributed by atoms with Gasteiger partial charge in [0.2, 0.25) is 0 Å². The molecule has 1 aromatic carbocycles. The third-order valence-corrected chi connectivity index (χ3v) is 2.92. The fourth-order valence-corrected chi connectivity index (χ4v) is 1.86. The topological polar surface area (TPSA) is 151 Å². The zero-order chi connectivity index (χ0) is 28.7. The first-order valence-corrected chi connectivity index (χ1v) is 12.1. The third-order valence-electron chi connectivity index (χ3n) is 2.92. The van der Waals surface area contributed by atoms with Crippen molar-refractivity contribution < 1.29 is 24.3 Å². The number of methoxy groups -OCH3 is 1. The largest absolute Gasteiger partial charge is 0.493 e. The SMILES string of the molecule is CC.CC.CC.CCC.CN.CN.COc1cc(C(C)C)c([N+](=O)[O-])cc1OCCCC(=O)O. The van der Waals surface area contributed by atoms with Gasteiger partial charge < -0.3 is 26.0 Å². The van der Waals surface area contributed by atoms with E-state index in [0.717, 1.165) is 0 Å². The number of nitrogens with zero attached hydrogens (tertiary/aromatic N) is 1. The second kappa shape index (κ2) is 37.9. The normalized spacial score (nSPS) is 7.88. The van der Waals surface area contributed by atoms with Crippen molar-refractivity contribution in [3.63, 3.8) is 0 Å². The van der Waals surface area contributed by atoms with Crippen LogP contribution >= 0.6 is 0 Å². The van der Waals surface area contributed by atoms with E-state index in [1.165, 1.54) is 33.7 Å². The molecule has 0 saturated heterocycles. The molecule has 0 atom stereocenters. The predicted octanol–water partition coefficient (Wildman–Crippen LogP) is 6.62. The fraction of sp³-hybridized carbons (Fsp3) is 0.720. The van der Waals surface area contributed by atoms with E-state index < -0.39 is 10.9 Å². The molecule has 0 aliphatic rings. The Morgan fingerprint density at radius 3 is 1.71 bits per heavy atom. The standard InChI is InChI=1S/C14H19NO6.C3H8.3C2H6.2CH5N/c1-9(2)10-7-12(20-3)13(8-11(10)15(18)19)21-6-4-5-14(16)17;1-3-2;5*1-2/h7-9H,4-6H2,1-3H3,(H,16,17);3H2,1-2H3;3*1-2H3;2*2H2,1H3. The van der Waals surface area contributed by atoms with Gasteiger partial charge in [0.15, 0.2) is 11.5 Å². The molecule has 1 rings (SSSR count). The lowest BCUT2D eigenvalue weighted by molar-refractivity contribution is -0.385. The number of benzene rings is 1. The van der Waals surface area contributed by atoms with Gasteiger partial charge in [0.05, 0.1) is 24.7 Å². The van der Waals surface area contributed by atoms with Crippen molar-refractivity contribution in [3.8, 4) is 11.5 Å². The van der Waals surface area contributed by atoms with Gasteiger partial charge in [-0.1, -0.05) is 75.7 Å². The molecule has 0 radical (unpaired) electrons. The lowest BCUT2D eigenvalue weighted by Crippen LogP contribution is -2.05. The molecule has 9 heteroatoms. The van der Waals surface area contributed by atoms with Crippen molar-refractivity contribution in [2.75, 3.05) is 27.8 Å². The van der Waals surface area contributed by atoms with E-state index >= 15 is 0 Å². The van der Waals surface area contributed by atoms with Crippen LogP contribution in [-0.2, 0) is 4.79 Å². The number of carboxylic acids is 1. The van der Waals surface area contributed by atoms with Gasteiger partial charge in [-0.2, -0.15) is 0 Å². The van der Waals surface area contributed by atoms with Crippen molar-refractivity contribution in [2.24, 2.45) is 11.5 Å². The number of carboxylic acid groups (broad SMARTS) is 1. The molecule has 0 aliphatic heterocycles. The molecule has 206 valence electrons. The second-order valence-electron chi connectivity index (χ2n) is 5.53. The Labute approximate surface area is 209 Å². The van der Waals surface area contributed by atoms with E-state index in [2.05, 4.69) is 25.3 Å². The summed E-state index contributed by atoms with van der Waals surface area (Å²) in [5.74, 6) is -0.286. The summed E-state index contributed by atoms with van der Waals surface area (Å²) in [5, 5.41) is 19.7. The van der Waals surface area contributed by atoms with Crippen LogP contribution in [0.15, 0.2) is 12.1 Å². The van der Waals surface area contributed by atoms with Crippen LogP contribution < -0.4 is 20.9 Å². The summed E-state index contributed by atoms with van der Waals surface area (Å²) in [5.41, 5.74) is 9.54. The Kier molecular flexibility index (Phi) is 50.3. The summed E-state index contributed by atoms with van der Waals surface area (Å²) in [4.78, 5) is 21.1. The van der Waals surface area contributed by atoms with E-state index in [9.17, 15) is 14.9 Å². The highest BCUT2D eigenvalue weighted by Crippen LogP contribution is 2.37. The molecule has 9 nitrogen and oxygen atoms in total. The molecule has 0 amide bonds. The summed E-state index contributed by atoms with van der Waals surface area (Å²) < 4.78 is 10.6. The van der Waals surface area contributed by atoms with Gasteiger partial charge in [0.1, 0.15) is 0 Å². The van der Waals surface area contributed by atoms with Crippen molar-refractivity contribution in [1.82, 2.24) is 0 Å². The van der Waals surface area contributed by atoms with Crippen molar-refractivity contribution >= 4 is 11.7 Å². The maximum atomic E-state index is 11.1. The van der Waals surface area contributed by atoms with E-state index in [-0.39, 0.29) is 30.4 Å². The number of hydrogen-bond acceptors (Lipinski definition) is 7. The number of ether oxygens (including phenoxy) is 2. The minimum Gasteiger partial charge on any atom is -0.493 e. The Balaban J connectivity index is -0.000000129. The average Bonchev–Trinajstić information content (AvgIpc) is 2.87. The number of hydrogen-bond donors (Lipinski definition) is 3. The van der Waals surface area contributed by atoms with Crippen LogP contribution in [0.3, 0.4) is 0 Å². The van der Waals surface area contributed by atoms with E-state index in [1.54, 1.807) is 6.07 Å². The van der Waals surface area contributed by atoms with Crippen LogP contribution in [0.1, 0.15) is 100.0 Å². The van der Waals surface area contributed by atoms with Gasteiger partial charge in [-0.3, -0.25) is 14.9 Å². The maximum Gasteiger partial charge on any atom is 0.303 e. The zero-order valence-corrected chi connectivity index (χ0v) is 24.2. The predicted molar refractivity (Wildman–Crippen MR) is 146 cm³/mol. The minimum absolute atomic E-state index is 0.0194. The lowest BCUT2D eigenvalue weighted by Gasteiger charge is -2.14. The van der Waals surface area contributed by atoms with Crippen molar-refractivity contribution in [3.05, 3.63) is 27.8 Å². The first kappa shape index (κ1) is 45.2. The third kappa shape index (κ3) is 25.9. The van der Waals surface area contributed by atoms with Crippen LogP contribution in [0.4, 0.5) is 5.69 Å². The Morgan fingerprint density at radius 1 is 1.00 bits per heavy atom. The van der Waals surface area contributed by atoms with Crippen LogP contribution in [0, 0.1) is 10.1 Å². The lowest BCUT2D eigenvalue weighted by atomic mass is 10.0. The number of aliphatic carboxylic acids is 1. The van der Waals surface area contributed by atoms with Crippen molar-refractivity contribution in [1.29, 1.82) is 0 Å². The van der Waals surface area contributed by atoms with E-state index in [1.807, 2.05) is 55.4 Å². The number of nitro groups is 1. The number of rotatable bonds is 8. The number of nitrogens with two attached hydrogens (primary N) is 2. The molecule has 0 spiro atoms. The Hall–Kier alpha value is -2.39. The molecule has 0 aliphatic carbocycles. The van der Waals surface area contributed by atoms with Gasteiger partial charge in [-0.05, 0) is 32.5 Å². The summed E-state index contributed by atoms with van der Waals surface area (Å²) in [7, 11) is 4.45. The van der Waals surface area contributed by atoms with Gasteiger partial charge in [-0.25, -0.2) is 0 Å². The maximum absolute atomic E-state index is 11.1. The van der Waals surface area contributed by atoms with Crippen LogP contribution in [0.5, 0.6) is 11.5 Å². The first-order chi connectivity index (χ1) is 16.3. The summed E-state index contributed by atoms with van der Waals surface area (Å²) >= 11 is 0. The summed E-state index contributed by atoms with van der Waals surface area (Å²) in [6, 6.07) is 2.92. The van der Waals surface area contributed by atoms with Crippen LogP contribution in [0.2, 0.25) is 0 Å². The van der Waals surface area contributed by atoms with E-state index in [4.69, 9.17) is 14.6 Å². The first-order valence-electron chi connectivity index (χ1n) is 12.1. The van der Waals surface area contributed by atoms with Gasteiger partial charge >= 0.3 is 5.97 Å². The molecule has 0 saturated carbocycles. The number of nitro benzene ring substituents is 1. The molecule has 1 aromatic rings. The van der Waals surface area contributed by atoms with Gasteiger partial charge in [0, 0.05) is 12.0 Å². The molecule has 0 heterocycles. The highest BCUT2D eigenvalue weighted by atomic mass is 16.6. The van der Waals surface area contributed by atoms with E-state index in [0.29, 0.717) is 17.7 Å². The minimum atomic E-state index is -0.910. The average molecular weight is 494 g/mol. The Morgan fingerprint density at radius 2 is 1.41 bits per heavy atom. The monoisotopic (exact) mass is 493 g/mol. The van der Waals surface area contributed by atoms with Gasteiger partial charge in [0.25, 0.3) is 5.69 Å². The molecular weight excluding hydrogens is 438 g/mol. The molecule has 0 fully saturated rings. The highest BCUT2D eigenvalue weighted by Gasteiger charge is 2.21. The fourth-order valence-electron chi connectivity index (χ4n) is 1.86. The second-order valence-corrected chi connectivity index (χ2v) is 5.53.